The maximum absolute atomic E-state index is 5.39. The van der Waals surface area contributed by atoms with Gasteiger partial charge in [0, 0.05) is 23.7 Å². The Morgan fingerprint density at radius 1 is 0.704 bits per heavy atom. The van der Waals surface area contributed by atoms with Crippen LogP contribution in [0.4, 0.5) is 0 Å². The molecule has 0 saturated heterocycles. The van der Waals surface area contributed by atoms with Crippen LogP contribution in [-0.4, -0.2) is 22.1 Å². The van der Waals surface area contributed by atoms with Gasteiger partial charge in [0.05, 0.1) is 12.8 Å². The first-order chi connectivity index (χ1) is 13.3. The topological polar surface area (TPSA) is 47.9 Å². The molecule has 27 heavy (non-hydrogen) atoms. The number of hydrogen-bond acceptors (Lipinski definition) is 4. The van der Waals surface area contributed by atoms with Gasteiger partial charge in [-0.05, 0) is 17.7 Å². The molecule has 0 saturated carbocycles. The van der Waals surface area contributed by atoms with Crippen molar-refractivity contribution in [3.05, 3.63) is 96.2 Å². The van der Waals surface area contributed by atoms with Crippen molar-refractivity contribution in [3.8, 4) is 28.7 Å². The highest BCUT2D eigenvalue weighted by Crippen LogP contribution is 2.24. The van der Waals surface area contributed by atoms with Crippen LogP contribution in [0.1, 0.15) is 11.3 Å². The lowest BCUT2D eigenvalue weighted by atomic mass is 10.1. The van der Waals surface area contributed by atoms with Gasteiger partial charge in [-0.25, -0.2) is 9.97 Å². The first-order valence-corrected chi connectivity index (χ1v) is 8.80. The molecule has 4 rings (SSSR count). The zero-order valence-corrected chi connectivity index (χ0v) is 15.0. The van der Waals surface area contributed by atoms with Crippen molar-refractivity contribution >= 4 is 0 Å². The summed E-state index contributed by atoms with van der Waals surface area (Å²) in [6.45, 7) is 0. The van der Waals surface area contributed by atoms with Crippen LogP contribution in [0.3, 0.4) is 0 Å². The van der Waals surface area contributed by atoms with Gasteiger partial charge in [0.25, 0.3) is 0 Å². The van der Waals surface area contributed by atoms with Crippen molar-refractivity contribution in [2.45, 2.75) is 6.42 Å². The quantitative estimate of drug-likeness (QED) is 0.517. The molecule has 0 unspecified atom stereocenters. The van der Waals surface area contributed by atoms with Gasteiger partial charge in [0.2, 0.25) is 5.88 Å². The third-order valence-corrected chi connectivity index (χ3v) is 4.25. The van der Waals surface area contributed by atoms with E-state index < -0.39 is 0 Å². The van der Waals surface area contributed by atoms with Crippen LogP contribution in [0.5, 0.6) is 5.88 Å². The van der Waals surface area contributed by atoms with E-state index in [2.05, 4.69) is 17.1 Å². The molecule has 132 valence electrons. The molecule has 0 atom stereocenters. The molecular weight excluding hydrogens is 334 g/mol. The van der Waals surface area contributed by atoms with Crippen LogP contribution in [-0.2, 0) is 6.42 Å². The summed E-state index contributed by atoms with van der Waals surface area (Å²) >= 11 is 0. The molecular formula is C23H19N3O. The molecule has 0 aliphatic rings. The van der Waals surface area contributed by atoms with Gasteiger partial charge in [-0.1, -0.05) is 66.7 Å². The van der Waals surface area contributed by atoms with E-state index in [1.807, 2.05) is 72.8 Å². The molecule has 0 aliphatic heterocycles. The van der Waals surface area contributed by atoms with Crippen molar-refractivity contribution in [2.75, 3.05) is 7.11 Å². The summed E-state index contributed by atoms with van der Waals surface area (Å²) in [5, 5.41) is 0. The van der Waals surface area contributed by atoms with E-state index in [9.17, 15) is 0 Å². The van der Waals surface area contributed by atoms with E-state index in [0.717, 1.165) is 29.1 Å². The highest BCUT2D eigenvalue weighted by atomic mass is 16.5. The molecule has 2 heterocycles. The summed E-state index contributed by atoms with van der Waals surface area (Å²) in [6.07, 6.45) is 0.768. The Hall–Kier alpha value is -3.53. The highest BCUT2D eigenvalue weighted by molar-refractivity contribution is 5.63. The average molecular weight is 353 g/mol. The third kappa shape index (κ3) is 4.01. The van der Waals surface area contributed by atoms with E-state index in [4.69, 9.17) is 14.7 Å². The van der Waals surface area contributed by atoms with Gasteiger partial charge >= 0.3 is 0 Å². The van der Waals surface area contributed by atoms with Crippen LogP contribution in [0.2, 0.25) is 0 Å². The third-order valence-electron chi connectivity index (χ3n) is 4.25. The zero-order valence-electron chi connectivity index (χ0n) is 15.0. The average Bonchev–Trinajstić information content (AvgIpc) is 2.75. The second kappa shape index (κ2) is 7.79. The molecule has 0 bridgehead atoms. The van der Waals surface area contributed by atoms with Crippen LogP contribution in [0.15, 0.2) is 84.9 Å². The molecule has 2 aromatic heterocycles. The first-order valence-electron chi connectivity index (χ1n) is 8.80. The Labute approximate surface area is 158 Å². The lowest BCUT2D eigenvalue weighted by molar-refractivity contribution is 0.397. The molecule has 0 radical (unpaired) electrons. The number of pyridine rings is 1. The number of aromatic nitrogens is 3. The molecule has 0 amide bonds. The lowest BCUT2D eigenvalue weighted by Crippen LogP contribution is -2.00. The summed E-state index contributed by atoms with van der Waals surface area (Å²) in [4.78, 5) is 14.0. The maximum atomic E-state index is 5.39. The van der Waals surface area contributed by atoms with Crippen LogP contribution >= 0.6 is 0 Å². The van der Waals surface area contributed by atoms with Gasteiger partial charge < -0.3 is 4.74 Å². The predicted molar refractivity (Wildman–Crippen MR) is 106 cm³/mol. The number of benzene rings is 2. The van der Waals surface area contributed by atoms with Crippen LogP contribution in [0.25, 0.3) is 22.8 Å². The van der Waals surface area contributed by atoms with Gasteiger partial charge in [-0.3, -0.25) is 0 Å². The second-order valence-corrected chi connectivity index (χ2v) is 6.16. The van der Waals surface area contributed by atoms with Crippen LogP contribution < -0.4 is 4.74 Å². The SMILES string of the molecule is COc1cc(-c2ccccc2)nc(-c2cccc(Cc3ccccc3)n2)n1. The Balaban J connectivity index is 1.71. The number of ether oxygens (including phenoxy) is 1. The fourth-order valence-corrected chi connectivity index (χ4v) is 2.91. The minimum Gasteiger partial charge on any atom is -0.481 e. The first kappa shape index (κ1) is 16.9. The van der Waals surface area contributed by atoms with E-state index in [0.29, 0.717) is 11.7 Å². The molecule has 4 heteroatoms. The Morgan fingerprint density at radius 3 is 2.19 bits per heavy atom. The van der Waals surface area contributed by atoms with Gasteiger partial charge in [0.1, 0.15) is 5.69 Å². The molecule has 0 aliphatic carbocycles. The molecule has 0 N–H and O–H groups in total. The normalized spacial score (nSPS) is 10.6. The minimum absolute atomic E-state index is 0.522. The van der Waals surface area contributed by atoms with Crippen molar-refractivity contribution in [2.24, 2.45) is 0 Å². The Morgan fingerprint density at radius 2 is 1.44 bits per heavy atom. The van der Waals surface area contributed by atoms with Crippen molar-refractivity contribution in [1.29, 1.82) is 0 Å². The zero-order chi connectivity index (χ0) is 18.5. The van der Waals surface area contributed by atoms with Crippen LogP contribution in [0, 0.1) is 0 Å². The Kier molecular flexibility index (Phi) is 4.88. The molecule has 0 fully saturated rings. The Bertz CT molecular complexity index is 1030. The summed E-state index contributed by atoms with van der Waals surface area (Å²) < 4.78 is 5.39. The predicted octanol–water partition coefficient (Wildman–Crippen LogP) is 4.81. The van der Waals surface area contributed by atoms with Gasteiger partial charge in [0.15, 0.2) is 5.82 Å². The fraction of sp³-hybridized carbons (Fsp3) is 0.0870. The largest absolute Gasteiger partial charge is 0.481 e. The second-order valence-electron chi connectivity index (χ2n) is 6.16. The summed E-state index contributed by atoms with van der Waals surface area (Å²) in [7, 11) is 1.61. The number of nitrogens with zero attached hydrogens (tertiary/aromatic N) is 3. The maximum Gasteiger partial charge on any atom is 0.217 e. The fourth-order valence-electron chi connectivity index (χ4n) is 2.91. The van der Waals surface area contributed by atoms with Crippen molar-refractivity contribution < 1.29 is 4.74 Å². The highest BCUT2D eigenvalue weighted by Gasteiger charge is 2.11. The standard InChI is InChI=1S/C23H19N3O/c1-27-22-16-21(18-11-6-3-7-12-18)25-23(26-22)20-14-8-13-19(24-20)15-17-9-4-2-5-10-17/h2-14,16H,15H2,1H3. The molecule has 2 aromatic carbocycles. The number of methoxy groups -OCH3 is 1. The summed E-state index contributed by atoms with van der Waals surface area (Å²) in [6, 6.07) is 28.1. The van der Waals surface area contributed by atoms with E-state index in [1.54, 1.807) is 7.11 Å². The monoisotopic (exact) mass is 353 g/mol. The van der Waals surface area contributed by atoms with Crippen molar-refractivity contribution in [3.63, 3.8) is 0 Å². The number of hydrogen-bond donors (Lipinski definition) is 0. The smallest absolute Gasteiger partial charge is 0.217 e. The summed E-state index contributed by atoms with van der Waals surface area (Å²) in [5.74, 6) is 1.08. The summed E-state index contributed by atoms with van der Waals surface area (Å²) in [5.41, 5.74) is 4.76. The molecule has 0 spiro atoms. The number of rotatable bonds is 5. The van der Waals surface area contributed by atoms with E-state index in [1.165, 1.54) is 5.56 Å². The van der Waals surface area contributed by atoms with E-state index >= 15 is 0 Å². The van der Waals surface area contributed by atoms with Gasteiger partial charge in [-0.2, -0.15) is 4.98 Å². The van der Waals surface area contributed by atoms with Gasteiger partial charge in [-0.15, -0.1) is 0 Å². The molecule has 4 aromatic rings. The van der Waals surface area contributed by atoms with Crippen molar-refractivity contribution in [1.82, 2.24) is 15.0 Å². The minimum atomic E-state index is 0.522. The lowest BCUT2D eigenvalue weighted by Gasteiger charge is -2.08. The van der Waals surface area contributed by atoms with E-state index in [-0.39, 0.29) is 0 Å². The molecule has 4 nitrogen and oxygen atoms in total.